The van der Waals surface area contributed by atoms with Crippen LogP contribution in [0.15, 0.2) is 34.9 Å². The number of halogens is 3. The minimum absolute atomic E-state index is 0.0845. The number of aromatic nitrogens is 1. The summed E-state index contributed by atoms with van der Waals surface area (Å²) in [4.78, 5) is 15.0. The summed E-state index contributed by atoms with van der Waals surface area (Å²) in [7, 11) is 0. The zero-order chi connectivity index (χ0) is 15.5. The van der Waals surface area contributed by atoms with Crippen LogP contribution in [0.3, 0.4) is 0 Å². The van der Waals surface area contributed by atoms with E-state index in [9.17, 15) is 18.0 Å². The lowest BCUT2D eigenvalue weighted by Crippen LogP contribution is -2.05. The number of esters is 1. The predicted octanol–water partition coefficient (Wildman–Crippen LogP) is 3.66. The topological polar surface area (TPSA) is 61.6 Å². The van der Waals surface area contributed by atoms with Crippen LogP contribution in [-0.2, 0) is 10.9 Å². The van der Waals surface area contributed by atoms with Gasteiger partial charge in [-0.25, -0.2) is 4.79 Å². The minimum Gasteiger partial charge on any atom is -0.461 e. The first kappa shape index (κ1) is 14.9. The van der Waals surface area contributed by atoms with E-state index in [1.807, 2.05) is 0 Å². The molecule has 0 N–H and O–H groups in total. The molecule has 0 spiro atoms. The van der Waals surface area contributed by atoms with Gasteiger partial charge in [0.1, 0.15) is 12.0 Å². The molecule has 0 radical (unpaired) electrons. The van der Waals surface area contributed by atoms with Crippen LogP contribution in [0.2, 0.25) is 0 Å². The van der Waals surface area contributed by atoms with E-state index in [1.165, 1.54) is 0 Å². The van der Waals surface area contributed by atoms with Gasteiger partial charge in [0.05, 0.1) is 12.2 Å². The summed E-state index contributed by atoms with van der Waals surface area (Å²) in [6.45, 7) is 1.82. The standard InChI is InChI=1S/C13H10F3NO4/c1-2-19-11(18)10-7-20-12(17-10)21-9-5-3-8(4-6-9)13(14,15)16/h3-7H,2H2,1H3. The molecule has 5 nitrogen and oxygen atoms in total. The van der Waals surface area contributed by atoms with Crippen molar-refractivity contribution in [2.75, 3.05) is 6.61 Å². The van der Waals surface area contributed by atoms with Crippen molar-refractivity contribution in [3.8, 4) is 11.8 Å². The van der Waals surface area contributed by atoms with E-state index in [1.54, 1.807) is 6.92 Å². The van der Waals surface area contributed by atoms with Crippen molar-refractivity contribution in [3.05, 3.63) is 41.8 Å². The van der Waals surface area contributed by atoms with Crippen LogP contribution in [0.4, 0.5) is 13.2 Å². The molecule has 0 bridgehead atoms. The summed E-state index contributed by atoms with van der Waals surface area (Å²) in [5, 5.41) is 0. The van der Waals surface area contributed by atoms with Gasteiger partial charge in [-0.15, -0.1) is 0 Å². The SMILES string of the molecule is CCOC(=O)c1coc(Oc2ccc(C(F)(F)F)cc2)n1. The maximum atomic E-state index is 12.4. The van der Waals surface area contributed by atoms with E-state index < -0.39 is 17.7 Å². The molecule has 8 heteroatoms. The maximum absolute atomic E-state index is 12.4. The number of hydrogen-bond acceptors (Lipinski definition) is 5. The number of ether oxygens (including phenoxy) is 2. The van der Waals surface area contributed by atoms with Crippen molar-refractivity contribution >= 4 is 5.97 Å². The van der Waals surface area contributed by atoms with E-state index >= 15 is 0 Å². The van der Waals surface area contributed by atoms with Crippen molar-refractivity contribution in [2.45, 2.75) is 13.1 Å². The lowest BCUT2D eigenvalue weighted by molar-refractivity contribution is -0.137. The third-order valence-electron chi connectivity index (χ3n) is 2.35. The van der Waals surface area contributed by atoms with E-state index in [0.717, 1.165) is 30.5 Å². The molecule has 1 aromatic carbocycles. The average Bonchev–Trinajstić information content (AvgIpc) is 2.87. The third kappa shape index (κ3) is 3.74. The second-order valence-corrected chi connectivity index (χ2v) is 3.84. The van der Waals surface area contributed by atoms with Crippen molar-refractivity contribution in [3.63, 3.8) is 0 Å². The predicted molar refractivity (Wildman–Crippen MR) is 64.0 cm³/mol. The van der Waals surface area contributed by atoms with E-state index in [-0.39, 0.29) is 24.1 Å². The Hall–Kier alpha value is -2.51. The molecule has 0 aliphatic carbocycles. The summed E-state index contributed by atoms with van der Waals surface area (Å²) in [6.07, 6.45) is -3.64. The first-order valence-electron chi connectivity index (χ1n) is 5.88. The molecule has 21 heavy (non-hydrogen) atoms. The van der Waals surface area contributed by atoms with Crippen molar-refractivity contribution < 1.29 is 31.9 Å². The average molecular weight is 301 g/mol. The quantitative estimate of drug-likeness (QED) is 0.806. The van der Waals surface area contributed by atoms with Crippen LogP contribution in [0.1, 0.15) is 23.0 Å². The molecule has 112 valence electrons. The van der Waals surface area contributed by atoms with Crippen LogP contribution in [0.5, 0.6) is 11.8 Å². The second-order valence-electron chi connectivity index (χ2n) is 3.84. The van der Waals surface area contributed by atoms with Crippen LogP contribution in [0.25, 0.3) is 0 Å². The first-order chi connectivity index (χ1) is 9.90. The summed E-state index contributed by atoms with van der Waals surface area (Å²) in [5.74, 6) is -0.580. The smallest absolute Gasteiger partial charge is 0.416 e. The highest BCUT2D eigenvalue weighted by molar-refractivity contribution is 5.86. The Bertz CT molecular complexity index is 619. The largest absolute Gasteiger partial charge is 0.461 e. The Morgan fingerprint density at radius 1 is 1.29 bits per heavy atom. The van der Waals surface area contributed by atoms with Gasteiger partial charge in [-0.1, -0.05) is 0 Å². The van der Waals surface area contributed by atoms with Crippen molar-refractivity contribution in [2.24, 2.45) is 0 Å². The van der Waals surface area contributed by atoms with Gasteiger partial charge in [-0.3, -0.25) is 0 Å². The van der Waals surface area contributed by atoms with Crippen molar-refractivity contribution in [1.82, 2.24) is 4.98 Å². The molecule has 0 amide bonds. The number of benzene rings is 1. The molecule has 0 fully saturated rings. The number of rotatable bonds is 4. The Balaban J connectivity index is 2.07. The summed E-state index contributed by atoms with van der Waals surface area (Å²) in [5.41, 5.74) is -0.881. The lowest BCUT2D eigenvalue weighted by Gasteiger charge is -2.06. The Morgan fingerprint density at radius 3 is 2.52 bits per heavy atom. The zero-order valence-electron chi connectivity index (χ0n) is 10.8. The molecule has 0 aliphatic rings. The van der Waals surface area contributed by atoms with E-state index in [4.69, 9.17) is 13.9 Å². The number of hydrogen-bond donors (Lipinski definition) is 0. The number of nitrogens with zero attached hydrogens (tertiary/aromatic N) is 1. The number of carbonyl (C=O) groups excluding carboxylic acids is 1. The van der Waals surface area contributed by atoms with Gasteiger partial charge < -0.3 is 13.9 Å². The molecular weight excluding hydrogens is 291 g/mol. The molecule has 0 atom stereocenters. The summed E-state index contributed by atoms with van der Waals surface area (Å²) >= 11 is 0. The van der Waals surface area contributed by atoms with Crippen molar-refractivity contribution in [1.29, 1.82) is 0 Å². The molecule has 0 saturated heterocycles. The number of carbonyl (C=O) groups is 1. The van der Waals surface area contributed by atoms with Gasteiger partial charge in [0, 0.05) is 0 Å². The summed E-state index contributed by atoms with van der Waals surface area (Å²) < 4.78 is 51.8. The number of alkyl halides is 3. The van der Waals surface area contributed by atoms with Crippen LogP contribution in [0, 0.1) is 0 Å². The van der Waals surface area contributed by atoms with E-state index in [2.05, 4.69) is 4.98 Å². The molecule has 0 unspecified atom stereocenters. The molecule has 1 aromatic heterocycles. The van der Waals surface area contributed by atoms with Gasteiger partial charge in [0.25, 0.3) is 0 Å². The normalized spacial score (nSPS) is 11.2. The highest BCUT2D eigenvalue weighted by Gasteiger charge is 2.30. The lowest BCUT2D eigenvalue weighted by atomic mass is 10.2. The molecule has 0 aliphatic heterocycles. The molecular formula is C13H10F3NO4. The monoisotopic (exact) mass is 301 g/mol. The van der Waals surface area contributed by atoms with Crippen LogP contribution in [-0.4, -0.2) is 17.6 Å². The maximum Gasteiger partial charge on any atom is 0.416 e. The van der Waals surface area contributed by atoms with Gasteiger partial charge in [-0.2, -0.15) is 18.2 Å². The van der Waals surface area contributed by atoms with Gasteiger partial charge in [-0.05, 0) is 31.2 Å². The molecule has 0 saturated carbocycles. The fourth-order valence-corrected chi connectivity index (χ4v) is 1.42. The van der Waals surface area contributed by atoms with Crippen LogP contribution < -0.4 is 4.74 Å². The van der Waals surface area contributed by atoms with E-state index in [0.29, 0.717) is 0 Å². The fraction of sp³-hybridized carbons (Fsp3) is 0.231. The Morgan fingerprint density at radius 2 is 1.95 bits per heavy atom. The molecule has 1 heterocycles. The van der Waals surface area contributed by atoms with Crippen LogP contribution >= 0.6 is 0 Å². The van der Waals surface area contributed by atoms with Gasteiger partial charge in [0.15, 0.2) is 5.69 Å². The second kappa shape index (κ2) is 5.86. The Labute approximate surface area is 117 Å². The Kier molecular flexibility index (Phi) is 4.15. The van der Waals surface area contributed by atoms with Gasteiger partial charge >= 0.3 is 18.2 Å². The van der Waals surface area contributed by atoms with Gasteiger partial charge in [0.2, 0.25) is 0 Å². The fourth-order valence-electron chi connectivity index (χ4n) is 1.42. The first-order valence-corrected chi connectivity index (χ1v) is 5.88. The molecule has 2 rings (SSSR count). The zero-order valence-corrected chi connectivity index (χ0v) is 10.8. The minimum atomic E-state index is -4.42. The molecule has 2 aromatic rings. The summed E-state index contributed by atoms with van der Waals surface area (Å²) in [6, 6.07) is 3.98. The highest BCUT2D eigenvalue weighted by Crippen LogP contribution is 2.31. The number of oxazole rings is 1. The third-order valence-corrected chi connectivity index (χ3v) is 2.35. The highest BCUT2D eigenvalue weighted by atomic mass is 19.4.